The first-order chi connectivity index (χ1) is 15.9. The number of aryl methyl sites for hydroxylation is 1. The van der Waals surface area contributed by atoms with E-state index in [4.69, 9.17) is 0 Å². The summed E-state index contributed by atoms with van der Waals surface area (Å²) in [5.41, 5.74) is 0.928. The van der Waals surface area contributed by atoms with Crippen LogP contribution in [0.4, 0.5) is 0 Å². The Morgan fingerprint density at radius 3 is 1.36 bits per heavy atom. The lowest BCUT2D eigenvalue weighted by molar-refractivity contribution is 0.463. The minimum absolute atomic E-state index is 0.178. The van der Waals surface area contributed by atoms with Gasteiger partial charge in [0.05, 0.1) is 11.1 Å². The zero-order valence-electron chi connectivity index (χ0n) is 18.5. The summed E-state index contributed by atoms with van der Waals surface area (Å²) in [5, 5.41) is 4.23. The molecule has 3 nitrogen and oxygen atoms in total. The van der Waals surface area contributed by atoms with Gasteiger partial charge in [0.25, 0.3) is 0 Å². The Morgan fingerprint density at radius 1 is 0.697 bits per heavy atom. The first-order valence-corrected chi connectivity index (χ1v) is 13.9. The van der Waals surface area contributed by atoms with Gasteiger partial charge in [-0.1, -0.05) is 84.9 Å². The average molecular weight is 475 g/mol. The molecule has 4 aromatic carbocycles. The first kappa shape index (κ1) is 24.6. The van der Waals surface area contributed by atoms with Crippen LogP contribution in [0.1, 0.15) is 5.56 Å². The molecule has 0 spiro atoms. The van der Waals surface area contributed by atoms with Crippen molar-refractivity contribution in [2.24, 2.45) is 0 Å². The van der Waals surface area contributed by atoms with E-state index in [2.05, 4.69) is 104 Å². The molecule has 168 valence electrons. The summed E-state index contributed by atoms with van der Waals surface area (Å²) in [6.07, 6.45) is 3.05. The molecule has 0 saturated heterocycles. The summed E-state index contributed by atoms with van der Waals surface area (Å²) in [5.74, 6) is 0. The Labute approximate surface area is 197 Å². The second kappa shape index (κ2) is 11.2. The molecule has 0 atom stereocenters. The van der Waals surface area contributed by atoms with Crippen molar-refractivity contribution < 1.29 is 13.0 Å². The van der Waals surface area contributed by atoms with Crippen molar-refractivity contribution in [1.82, 2.24) is 0 Å². The number of allylic oxidation sites excluding steroid dienone is 1. The minimum atomic E-state index is -4.27. The van der Waals surface area contributed by atoms with Gasteiger partial charge in [0.1, 0.15) is 33.3 Å². The Balaban J connectivity index is 0.000000235. The summed E-state index contributed by atoms with van der Waals surface area (Å²) in [4.78, 5) is -0.178. The molecule has 0 aliphatic rings. The fourth-order valence-electron chi connectivity index (χ4n) is 3.71. The van der Waals surface area contributed by atoms with Gasteiger partial charge in [-0.05, 0) is 55.5 Å². The smallest absolute Gasteiger partial charge is 0.124 e. The molecule has 0 bridgehead atoms. The van der Waals surface area contributed by atoms with Crippen LogP contribution in [-0.4, -0.2) is 19.1 Å². The highest BCUT2D eigenvalue weighted by Crippen LogP contribution is 2.55. The van der Waals surface area contributed by atoms with Gasteiger partial charge in [0.2, 0.25) is 0 Å². The molecule has 4 aromatic rings. The number of hydrogen-bond acceptors (Lipinski definition) is 3. The molecule has 0 amide bonds. The van der Waals surface area contributed by atoms with E-state index in [9.17, 15) is 13.0 Å². The normalized spacial score (nSPS) is 11.2. The maximum absolute atomic E-state index is 10.4. The van der Waals surface area contributed by atoms with Crippen molar-refractivity contribution in [2.75, 3.05) is 6.16 Å². The number of rotatable bonds is 6. The van der Waals surface area contributed by atoms with E-state index < -0.39 is 17.4 Å². The molecule has 5 heteroatoms. The lowest BCUT2D eigenvalue weighted by Gasteiger charge is -2.26. The van der Waals surface area contributed by atoms with Crippen LogP contribution in [0.3, 0.4) is 0 Å². The fraction of sp³-hybridized carbons (Fsp3) is 0.0714. The van der Waals surface area contributed by atoms with Crippen molar-refractivity contribution in [2.45, 2.75) is 11.8 Å². The van der Waals surface area contributed by atoms with Crippen molar-refractivity contribution >= 4 is 33.3 Å². The Kier molecular flexibility index (Phi) is 8.35. The van der Waals surface area contributed by atoms with Crippen LogP contribution < -0.4 is 15.9 Å². The van der Waals surface area contributed by atoms with Crippen LogP contribution in [0.15, 0.2) is 133 Å². The predicted molar refractivity (Wildman–Crippen MR) is 139 cm³/mol. The summed E-state index contributed by atoms with van der Waals surface area (Å²) in [6.45, 7) is 5.87. The molecule has 0 heterocycles. The fourth-order valence-corrected chi connectivity index (χ4v) is 8.14. The maximum Gasteiger partial charge on any atom is 0.124 e. The molecule has 0 fully saturated rings. The second-order valence-electron chi connectivity index (χ2n) is 7.55. The van der Waals surface area contributed by atoms with Crippen molar-refractivity contribution in [3.63, 3.8) is 0 Å². The van der Waals surface area contributed by atoms with Gasteiger partial charge >= 0.3 is 0 Å². The van der Waals surface area contributed by atoms with Crippen LogP contribution in [0, 0.1) is 6.92 Å². The average Bonchev–Trinajstić information content (AvgIpc) is 2.84. The maximum atomic E-state index is 10.4. The van der Waals surface area contributed by atoms with E-state index in [1.807, 2.05) is 6.92 Å². The Hall–Kier alpha value is -3.04. The van der Waals surface area contributed by atoms with Gasteiger partial charge < -0.3 is 4.55 Å². The highest BCUT2D eigenvalue weighted by atomic mass is 32.2. The summed E-state index contributed by atoms with van der Waals surface area (Å²) in [6, 6.07) is 38.4. The van der Waals surface area contributed by atoms with Crippen molar-refractivity contribution in [3.8, 4) is 0 Å². The first-order valence-electron chi connectivity index (χ1n) is 10.6. The van der Waals surface area contributed by atoms with E-state index in [0.29, 0.717) is 0 Å². The molecule has 0 aliphatic carbocycles. The monoisotopic (exact) mass is 474 g/mol. The van der Waals surface area contributed by atoms with E-state index in [0.717, 1.165) is 11.7 Å². The minimum Gasteiger partial charge on any atom is -0.744 e. The summed E-state index contributed by atoms with van der Waals surface area (Å²) < 4.78 is 31.2. The molecule has 0 aromatic heterocycles. The van der Waals surface area contributed by atoms with Crippen molar-refractivity contribution in [3.05, 3.63) is 133 Å². The lowest BCUT2D eigenvalue weighted by Crippen LogP contribution is -2.32. The molecule has 0 saturated carbocycles. The van der Waals surface area contributed by atoms with Crippen LogP contribution in [0.5, 0.6) is 0 Å². The third-order valence-electron chi connectivity index (χ3n) is 5.30. The van der Waals surface area contributed by atoms with Gasteiger partial charge in [-0.2, -0.15) is 0 Å². The largest absolute Gasteiger partial charge is 0.744 e. The van der Waals surface area contributed by atoms with Crippen LogP contribution in [0.2, 0.25) is 0 Å². The Morgan fingerprint density at radius 2 is 1.06 bits per heavy atom. The van der Waals surface area contributed by atoms with Gasteiger partial charge in [0, 0.05) is 0 Å². The van der Waals surface area contributed by atoms with Gasteiger partial charge in [-0.3, -0.25) is 0 Å². The number of benzene rings is 4. The molecule has 0 aliphatic heterocycles. The van der Waals surface area contributed by atoms with Gasteiger partial charge in [0.15, 0.2) is 0 Å². The number of hydrogen-bond donors (Lipinski definition) is 0. The van der Waals surface area contributed by atoms with E-state index >= 15 is 0 Å². The molecular formula is C28H27O3PS. The molecule has 0 radical (unpaired) electrons. The van der Waals surface area contributed by atoms with Crippen LogP contribution >= 0.6 is 7.26 Å². The SMILES string of the molecule is C=CC[P+](c1ccccc1)(c1ccccc1)c1ccccc1.Cc1ccc(S(=O)(=O)[O-])cc1. The van der Waals surface area contributed by atoms with Crippen LogP contribution in [0.25, 0.3) is 0 Å². The third kappa shape index (κ3) is 6.06. The standard InChI is InChI=1S/C21H20P.C7H8O3S/c1-2-18-22(19-12-6-3-7-13-19,20-14-8-4-9-15-20)21-16-10-5-11-17-21;1-6-2-4-7(5-3-6)11(8,9)10/h2-17H,1,18H2;2-5H,1H3,(H,8,9,10)/q+1;/p-1. The highest BCUT2D eigenvalue weighted by Gasteiger charge is 2.43. The van der Waals surface area contributed by atoms with E-state index in [-0.39, 0.29) is 4.90 Å². The topological polar surface area (TPSA) is 57.2 Å². The molecule has 33 heavy (non-hydrogen) atoms. The van der Waals surface area contributed by atoms with E-state index in [1.165, 1.54) is 28.0 Å². The molecular weight excluding hydrogens is 447 g/mol. The quantitative estimate of drug-likeness (QED) is 0.223. The van der Waals surface area contributed by atoms with Crippen molar-refractivity contribution in [1.29, 1.82) is 0 Å². The Bertz CT molecular complexity index is 1160. The second-order valence-corrected chi connectivity index (χ2v) is 12.5. The zero-order valence-corrected chi connectivity index (χ0v) is 20.3. The van der Waals surface area contributed by atoms with Gasteiger partial charge in [-0.25, -0.2) is 8.42 Å². The lowest BCUT2D eigenvalue weighted by atomic mass is 10.2. The van der Waals surface area contributed by atoms with Crippen LogP contribution in [-0.2, 0) is 10.1 Å². The zero-order chi connectivity index (χ0) is 23.7. The third-order valence-corrected chi connectivity index (χ3v) is 10.5. The summed E-state index contributed by atoms with van der Waals surface area (Å²) in [7, 11) is -5.94. The van der Waals surface area contributed by atoms with E-state index in [1.54, 1.807) is 12.1 Å². The predicted octanol–water partition coefficient (Wildman–Crippen LogP) is 5.07. The summed E-state index contributed by atoms with van der Waals surface area (Å²) >= 11 is 0. The molecule has 0 unspecified atom stereocenters. The molecule has 4 rings (SSSR count). The van der Waals surface area contributed by atoms with Gasteiger partial charge in [-0.15, -0.1) is 0 Å². The molecule has 0 N–H and O–H groups in total. The highest BCUT2D eigenvalue weighted by molar-refractivity contribution is 7.95.